The molecule has 4 rings (SSSR count). The smallest absolute Gasteiger partial charge is 0.135 e. The van der Waals surface area contributed by atoms with E-state index >= 15 is 0 Å². The van der Waals surface area contributed by atoms with Gasteiger partial charge in [0.05, 0.1) is 26.7 Å². The molecular formula is C31H39N2O2+. The van der Waals surface area contributed by atoms with Gasteiger partial charge in [-0.2, -0.15) is 0 Å². The highest BCUT2D eigenvalue weighted by Crippen LogP contribution is 2.48. The van der Waals surface area contributed by atoms with E-state index in [1.165, 1.54) is 33.1 Å². The Bertz CT molecular complexity index is 1220. The molecule has 2 atom stereocenters. The average Bonchev–Trinajstić information content (AvgIpc) is 3.15. The lowest BCUT2D eigenvalue weighted by molar-refractivity contribution is -0.828. The summed E-state index contributed by atoms with van der Waals surface area (Å²) in [6, 6.07) is 13.1. The van der Waals surface area contributed by atoms with Crippen molar-refractivity contribution in [3.63, 3.8) is 0 Å². The number of likely N-dealkylation sites (N-methyl/N-ethyl adjacent to an activating group) is 2. The Hall–Kier alpha value is -3.24. The van der Waals surface area contributed by atoms with Crippen LogP contribution in [-0.2, 0) is 10.8 Å². The van der Waals surface area contributed by atoms with Crippen LogP contribution in [0.4, 0.5) is 11.4 Å². The molecular weight excluding hydrogens is 432 g/mol. The van der Waals surface area contributed by atoms with Crippen molar-refractivity contribution in [1.29, 1.82) is 0 Å². The Balaban J connectivity index is 1.44. The fourth-order valence-electron chi connectivity index (χ4n) is 5.75. The van der Waals surface area contributed by atoms with E-state index in [4.69, 9.17) is 9.47 Å². The molecule has 0 aliphatic carbocycles. The maximum atomic E-state index is 5.46. The third kappa shape index (κ3) is 4.32. The molecule has 4 heteroatoms. The molecule has 2 unspecified atom stereocenters. The van der Waals surface area contributed by atoms with Crippen LogP contribution in [0.15, 0.2) is 84.6 Å². The largest absolute Gasteiger partial charge is 0.497 e. The first kappa shape index (κ1) is 24.9. The van der Waals surface area contributed by atoms with E-state index < -0.39 is 0 Å². The van der Waals surface area contributed by atoms with Crippen LogP contribution in [0.2, 0.25) is 0 Å². The zero-order chi connectivity index (χ0) is 25.4. The highest BCUT2D eigenvalue weighted by molar-refractivity contribution is 5.71. The fraction of sp³-hybridized carbons (Fsp3) is 0.355. The van der Waals surface area contributed by atoms with Crippen molar-refractivity contribution in [2.75, 3.05) is 33.2 Å². The molecule has 4 nitrogen and oxygen atoms in total. The zero-order valence-corrected chi connectivity index (χ0v) is 22.3. The van der Waals surface area contributed by atoms with Gasteiger partial charge in [0.25, 0.3) is 0 Å². The summed E-state index contributed by atoms with van der Waals surface area (Å²) >= 11 is 0. The number of methoxy groups -OCH3 is 2. The van der Waals surface area contributed by atoms with Gasteiger partial charge in [-0.05, 0) is 61.9 Å². The summed E-state index contributed by atoms with van der Waals surface area (Å²) in [4.78, 5) is 3.69. The number of benzene rings is 2. The fourth-order valence-corrected chi connectivity index (χ4v) is 5.75. The summed E-state index contributed by atoms with van der Waals surface area (Å²) in [7, 11) is 7.83. The summed E-state index contributed by atoms with van der Waals surface area (Å²) < 4.78 is 10.9. The van der Waals surface area contributed by atoms with Crippen molar-refractivity contribution in [3.05, 3.63) is 95.8 Å². The van der Waals surface area contributed by atoms with E-state index in [9.17, 15) is 0 Å². The summed E-state index contributed by atoms with van der Waals surface area (Å²) in [5.74, 6) is 1.82. The third-order valence-corrected chi connectivity index (χ3v) is 7.83. The summed E-state index contributed by atoms with van der Waals surface area (Å²) in [6.45, 7) is 9.17. The van der Waals surface area contributed by atoms with Gasteiger partial charge in [-0.1, -0.05) is 44.2 Å². The molecule has 0 amide bonds. The number of quaternary nitrogens is 1. The molecule has 0 spiro atoms. The molecule has 0 radical (unpaired) electrons. The van der Waals surface area contributed by atoms with Gasteiger partial charge in [-0.25, -0.2) is 0 Å². The first-order chi connectivity index (χ1) is 16.6. The molecule has 2 aromatic rings. The Morgan fingerprint density at radius 1 is 0.829 bits per heavy atom. The van der Waals surface area contributed by atoms with E-state index in [0.717, 1.165) is 11.5 Å². The SMILES string of the molecule is COc1ccc2c(c1)C(C)(C)\C(=C/C=C/C=C/C=C/C1[NH+](C)c3ccc(OC)cc3C1(C)C)N2C. The van der Waals surface area contributed by atoms with Crippen molar-refractivity contribution in [3.8, 4) is 11.5 Å². The van der Waals surface area contributed by atoms with E-state index in [-0.39, 0.29) is 10.8 Å². The maximum Gasteiger partial charge on any atom is 0.135 e. The van der Waals surface area contributed by atoms with E-state index in [2.05, 4.69) is 120 Å². The highest BCUT2D eigenvalue weighted by atomic mass is 16.5. The van der Waals surface area contributed by atoms with Crippen LogP contribution in [0, 0.1) is 0 Å². The second-order valence-corrected chi connectivity index (χ2v) is 10.6. The summed E-state index contributed by atoms with van der Waals surface area (Å²) in [5.41, 5.74) is 6.47. The molecule has 0 fully saturated rings. The van der Waals surface area contributed by atoms with E-state index in [1.54, 1.807) is 14.2 Å². The van der Waals surface area contributed by atoms with Crippen molar-refractivity contribution >= 4 is 11.4 Å². The minimum atomic E-state index is -0.0777. The predicted octanol–water partition coefficient (Wildman–Crippen LogP) is 5.49. The van der Waals surface area contributed by atoms with Crippen molar-refractivity contribution in [2.24, 2.45) is 0 Å². The molecule has 35 heavy (non-hydrogen) atoms. The third-order valence-electron chi connectivity index (χ3n) is 7.83. The normalized spacial score (nSPS) is 23.5. The molecule has 0 saturated carbocycles. The monoisotopic (exact) mass is 471 g/mol. The van der Waals surface area contributed by atoms with Gasteiger partial charge in [0.2, 0.25) is 0 Å². The molecule has 0 bridgehead atoms. The van der Waals surface area contributed by atoms with Crippen LogP contribution in [0.5, 0.6) is 11.5 Å². The Kier molecular flexibility index (Phi) is 6.70. The zero-order valence-electron chi connectivity index (χ0n) is 22.3. The van der Waals surface area contributed by atoms with Crippen LogP contribution in [0.3, 0.4) is 0 Å². The predicted molar refractivity (Wildman–Crippen MR) is 146 cm³/mol. The second-order valence-electron chi connectivity index (χ2n) is 10.6. The number of fused-ring (bicyclic) bond motifs is 2. The molecule has 0 saturated heterocycles. The van der Waals surface area contributed by atoms with Gasteiger partial charge >= 0.3 is 0 Å². The van der Waals surface area contributed by atoms with E-state index in [0.29, 0.717) is 6.04 Å². The Labute approximate surface area is 210 Å². The molecule has 0 aromatic heterocycles. The number of anilines is 1. The van der Waals surface area contributed by atoms with Gasteiger partial charge in [0.15, 0.2) is 0 Å². The van der Waals surface area contributed by atoms with Crippen molar-refractivity contribution in [1.82, 2.24) is 0 Å². The number of nitrogens with zero attached hydrogens (tertiary/aromatic N) is 1. The van der Waals surface area contributed by atoms with Crippen molar-refractivity contribution < 1.29 is 14.4 Å². The van der Waals surface area contributed by atoms with Crippen LogP contribution in [0.25, 0.3) is 0 Å². The van der Waals surface area contributed by atoms with Gasteiger partial charge in [0, 0.05) is 35.5 Å². The van der Waals surface area contributed by atoms with Crippen LogP contribution < -0.4 is 19.3 Å². The van der Waals surface area contributed by atoms with E-state index in [1.807, 2.05) is 6.07 Å². The molecule has 184 valence electrons. The molecule has 2 aliphatic heterocycles. The van der Waals surface area contributed by atoms with Gasteiger partial charge in [-0.15, -0.1) is 0 Å². The minimum Gasteiger partial charge on any atom is -0.497 e. The standard InChI is InChI=1S/C31H38N2O2/c1-30(2)24-20-22(34-7)16-18-26(24)32(5)28(30)14-12-10-9-11-13-15-29-31(3,4)25-21-23(35-8)17-19-27(25)33(29)6/h9-21,28H,1-8H3/p+1/b10-9+,13-11+,14-12+,29-15+. The van der Waals surface area contributed by atoms with Gasteiger partial charge in [-0.3, -0.25) is 4.90 Å². The Morgan fingerprint density at radius 2 is 1.43 bits per heavy atom. The summed E-state index contributed by atoms with van der Waals surface area (Å²) in [5, 5.41) is 0. The molecule has 2 aromatic carbocycles. The van der Waals surface area contributed by atoms with Crippen LogP contribution >= 0.6 is 0 Å². The van der Waals surface area contributed by atoms with Crippen molar-refractivity contribution in [2.45, 2.75) is 44.6 Å². The average molecular weight is 472 g/mol. The van der Waals surface area contributed by atoms with Crippen LogP contribution in [-0.4, -0.2) is 34.4 Å². The topological polar surface area (TPSA) is 26.1 Å². The first-order valence-electron chi connectivity index (χ1n) is 12.3. The molecule has 1 N–H and O–H groups in total. The lowest BCUT2D eigenvalue weighted by Crippen LogP contribution is -3.07. The Morgan fingerprint density at radius 3 is 2.11 bits per heavy atom. The number of ether oxygens (including phenoxy) is 2. The number of hydrogen-bond acceptors (Lipinski definition) is 3. The molecule has 2 aliphatic rings. The lowest BCUT2D eigenvalue weighted by Gasteiger charge is -2.25. The van der Waals surface area contributed by atoms with Gasteiger partial charge in [0.1, 0.15) is 23.2 Å². The number of allylic oxidation sites excluding steroid dienone is 7. The quantitative estimate of drug-likeness (QED) is 0.564. The lowest BCUT2D eigenvalue weighted by atomic mass is 9.80. The molecule has 2 heterocycles. The second kappa shape index (κ2) is 9.43. The first-order valence-corrected chi connectivity index (χ1v) is 12.3. The van der Waals surface area contributed by atoms with Crippen LogP contribution in [0.1, 0.15) is 38.8 Å². The maximum absolute atomic E-state index is 5.46. The number of rotatable bonds is 6. The number of hydrogen-bond donors (Lipinski definition) is 1. The van der Waals surface area contributed by atoms with Gasteiger partial charge < -0.3 is 14.4 Å². The minimum absolute atomic E-state index is 0.0366. The number of nitrogens with one attached hydrogen (secondary N) is 1. The summed E-state index contributed by atoms with van der Waals surface area (Å²) in [6.07, 6.45) is 15.1. The highest BCUT2D eigenvalue weighted by Gasteiger charge is 2.46.